The van der Waals surface area contributed by atoms with E-state index in [4.69, 9.17) is 11.6 Å². The zero-order valence-electron chi connectivity index (χ0n) is 16.4. The maximum absolute atomic E-state index is 12.9. The standard InChI is InChI=1S/C24H25ClN2O/c1-16-12-17(2)22-20(13-16)14-21(23(25)26-22)15-27(24(28)19-8-9-19)11-10-18-6-4-3-5-7-18/h3-7,12-14,19H,8-11,15H2,1-2H3. The van der Waals surface area contributed by atoms with E-state index in [1.54, 1.807) is 0 Å². The highest BCUT2D eigenvalue weighted by atomic mass is 35.5. The van der Waals surface area contributed by atoms with Crippen LogP contribution >= 0.6 is 11.6 Å². The van der Waals surface area contributed by atoms with E-state index in [2.05, 4.69) is 49.2 Å². The molecular formula is C24H25ClN2O. The van der Waals surface area contributed by atoms with Crippen molar-refractivity contribution in [1.29, 1.82) is 0 Å². The summed E-state index contributed by atoms with van der Waals surface area (Å²) < 4.78 is 0. The van der Waals surface area contributed by atoms with Crippen LogP contribution in [0.15, 0.2) is 48.5 Å². The van der Waals surface area contributed by atoms with Crippen molar-refractivity contribution < 1.29 is 4.79 Å². The zero-order chi connectivity index (χ0) is 19.7. The van der Waals surface area contributed by atoms with Crippen molar-refractivity contribution in [2.75, 3.05) is 6.54 Å². The van der Waals surface area contributed by atoms with E-state index in [9.17, 15) is 4.79 Å². The summed E-state index contributed by atoms with van der Waals surface area (Å²) in [6, 6.07) is 16.7. The van der Waals surface area contributed by atoms with E-state index < -0.39 is 0 Å². The van der Waals surface area contributed by atoms with Gasteiger partial charge in [-0.1, -0.05) is 53.6 Å². The largest absolute Gasteiger partial charge is 0.338 e. The third kappa shape index (κ3) is 4.20. The molecule has 2 aromatic carbocycles. The Morgan fingerprint density at radius 2 is 1.89 bits per heavy atom. The van der Waals surface area contributed by atoms with E-state index in [0.29, 0.717) is 18.2 Å². The molecule has 3 aromatic rings. The number of hydrogen-bond donors (Lipinski definition) is 0. The number of halogens is 1. The number of fused-ring (bicyclic) bond motifs is 1. The Balaban J connectivity index is 1.60. The quantitative estimate of drug-likeness (QED) is 0.520. The van der Waals surface area contributed by atoms with Crippen LogP contribution in [0.4, 0.5) is 0 Å². The highest BCUT2D eigenvalue weighted by molar-refractivity contribution is 6.30. The summed E-state index contributed by atoms with van der Waals surface area (Å²) in [4.78, 5) is 19.5. The summed E-state index contributed by atoms with van der Waals surface area (Å²) >= 11 is 6.53. The Morgan fingerprint density at radius 3 is 2.61 bits per heavy atom. The van der Waals surface area contributed by atoms with E-state index in [-0.39, 0.29) is 11.8 Å². The fourth-order valence-electron chi connectivity index (χ4n) is 3.75. The molecule has 1 aliphatic carbocycles. The first-order valence-electron chi connectivity index (χ1n) is 9.90. The lowest BCUT2D eigenvalue weighted by Crippen LogP contribution is -2.33. The number of rotatable bonds is 6. The molecule has 1 amide bonds. The average molecular weight is 393 g/mol. The molecule has 1 aliphatic rings. The summed E-state index contributed by atoms with van der Waals surface area (Å²) in [5.74, 6) is 0.431. The third-order valence-corrected chi connectivity index (χ3v) is 5.72. The van der Waals surface area contributed by atoms with Gasteiger partial charge in [0, 0.05) is 30.0 Å². The van der Waals surface area contributed by atoms with Crippen LogP contribution in [0.1, 0.15) is 35.1 Å². The Kier molecular flexibility index (Phi) is 5.36. The normalized spacial score (nSPS) is 13.7. The Morgan fingerprint density at radius 1 is 1.14 bits per heavy atom. The summed E-state index contributed by atoms with van der Waals surface area (Å²) in [6.45, 7) is 5.35. The second-order valence-corrected chi connectivity index (χ2v) is 8.22. The molecule has 144 valence electrons. The van der Waals surface area contributed by atoms with Crippen LogP contribution in [0.3, 0.4) is 0 Å². The zero-order valence-corrected chi connectivity index (χ0v) is 17.2. The van der Waals surface area contributed by atoms with E-state index in [1.807, 2.05) is 23.1 Å². The van der Waals surface area contributed by atoms with Gasteiger partial charge in [-0.05, 0) is 56.4 Å². The van der Waals surface area contributed by atoms with Gasteiger partial charge in [-0.3, -0.25) is 4.79 Å². The maximum atomic E-state index is 12.9. The number of hydrogen-bond acceptors (Lipinski definition) is 2. The van der Waals surface area contributed by atoms with Gasteiger partial charge in [-0.25, -0.2) is 4.98 Å². The van der Waals surface area contributed by atoms with Crippen LogP contribution in [-0.4, -0.2) is 22.3 Å². The second kappa shape index (κ2) is 7.92. The first kappa shape index (κ1) is 18.9. The Labute approximate surface area is 171 Å². The van der Waals surface area contributed by atoms with Crippen LogP contribution in [0, 0.1) is 19.8 Å². The fourth-order valence-corrected chi connectivity index (χ4v) is 3.95. The average Bonchev–Trinajstić information content (AvgIpc) is 3.51. The highest BCUT2D eigenvalue weighted by Crippen LogP contribution is 2.32. The number of benzene rings is 2. The molecule has 4 heteroatoms. The van der Waals surface area contributed by atoms with Gasteiger partial charge < -0.3 is 4.90 Å². The lowest BCUT2D eigenvalue weighted by atomic mass is 10.0. The summed E-state index contributed by atoms with van der Waals surface area (Å²) in [5, 5.41) is 1.58. The molecule has 0 unspecified atom stereocenters. The molecule has 1 aromatic heterocycles. The van der Waals surface area contributed by atoms with Crippen molar-refractivity contribution in [1.82, 2.24) is 9.88 Å². The summed E-state index contributed by atoms with van der Waals surface area (Å²) in [7, 11) is 0. The molecule has 0 bridgehead atoms. The molecule has 0 spiro atoms. The van der Waals surface area contributed by atoms with E-state index in [1.165, 1.54) is 11.1 Å². The molecule has 3 nitrogen and oxygen atoms in total. The van der Waals surface area contributed by atoms with Gasteiger partial charge in [0.05, 0.1) is 5.52 Å². The molecule has 0 saturated heterocycles. The van der Waals surface area contributed by atoms with Crippen molar-refractivity contribution in [3.05, 3.63) is 75.9 Å². The van der Waals surface area contributed by atoms with Gasteiger partial charge in [0.15, 0.2) is 0 Å². The SMILES string of the molecule is Cc1cc(C)c2nc(Cl)c(CN(CCc3ccccc3)C(=O)C3CC3)cc2c1. The first-order chi connectivity index (χ1) is 13.5. The molecule has 0 radical (unpaired) electrons. The van der Waals surface area contributed by atoms with Crippen LogP contribution in [0.2, 0.25) is 5.15 Å². The number of aryl methyl sites for hydroxylation is 2. The predicted octanol–water partition coefficient (Wildman–Crippen LogP) is 5.49. The predicted molar refractivity (Wildman–Crippen MR) is 115 cm³/mol. The van der Waals surface area contributed by atoms with Crippen molar-refractivity contribution in [2.24, 2.45) is 5.92 Å². The van der Waals surface area contributed by atoms with Crippen molar-refractivity contribution in [3.63, 3.8) is 0 Å². The molecule has 0 N–H and O–H groups in total. The van der Waals surface area contributed by atoms with E-state index >= 15 is 0 Å². The Bertz CT molecular complexity index is 1010. The fraction of sp³-hybridized carbons (Fsp3) is 0.333. The van der Waals surface area contributed by atoms with Crippen molar-refractivity contribution in [2.45, 2.75) is 39.7 Å². The lowest BCUT2D eigenvalue weighted by molar-refractivity contribution is -0.133. The molecule has 28 heavy (non-hydrogen) atoms. The summed E-state index contributed by atoms with van der Waals surface area (Å²) in [6.07, 6.45) is 2.85. The number of nitrogens with zero attached hydrogens (tertiary/aromatic N) is 2. The third-order valence-electron chi connectivity index (χ3n) is 5.39. The van der Waals surface area contributed by atoms with Gasteiger partial charge in [0.1, 0.15) is 5.15 Å². The van der Waals surface area contributed by atoms with Crippen molar-refractivity contribution >= 4 is 28.4 Å². The minimum Gasteiger partial charge on any atom is -0.338 e. The van der Waals surface area contributed by atoms with Crippen LogP contribution < -0.4 is 0 Å². The molecule has 0 atom stereocenters. The minimum atomic E-state index is 0.187. The molecule has 4 rings (SSSR count). The van der Waals surface area contributed by atoms with Gasteiger partial charge in [-0.15, -0.1) is 0 Å². The number of carbonyl (C=O) groups excluding carboxylic acids is 1. The van der Waals surface area contributed by atoms with Gasteiger partial charge in [0.2, 0.25) is 5.91 Å². The smallest absolute Gasteiger partial charge is 0.225 e. The number of aromatic nitrogens is 1. The van der Waals surface area contributed by atoms with E-state index in [0.717, 1.165) is 41.3 Å². The van der Waals surface area contributed by atoms with Gasteiger partial charge in [0.25, 0.3) is 0 Å². The number of amides is 1. The Hall–Kier alpha value is -2.39. The summed E-state index contributed by atoms with van der Waals surface area (Å²) in [5.41, 5.74) is 5.42. The maximum Gasteiger partial charge on any atom is 0.225 e. The lowest BCUT2D eigenvalue weighted by Gasteiger charge is -2.24. The topological polar surface area (TPSA) is 33.2 Å². The number of pyridine rings is 1. The minimum absolute atomic E-state index is 0.187. The molecule has 1 saturated carbocycles. The van der Waals surface area contributed by atoms with Crippen LogP contribution in [0.5, 0.6) is 0 Å². The first-order valence-corrected chi connectivity index (χ1v) is 10.3. The molecular weight excluding hydrogens is 368 g/mol. The molecule has 1 fully saturated rings. The molecule has 1 heterocycles. The monoisotopic (exact) mass is 392 g/mol. The molecule has 0 aliphatic heterocycles. The van der Waals surface area contributed by atoms with Gasteiger partial charge in [-0.2, -0.15) is 0 Å². The second-order valence-electron chi connectivity index (χ2n) is 7.86. The van der Waals surface area contributed by atoms with Crippen LogP contribution in [-0.2, 0) is 17.8 Å². The number of carbonyl (C=O) groups is 1. The van der Waals surface area contributed by atoms with Gasteiger partial charge >= 0.3 is 0 Å². The highest BCUT2D eigenvalue weighted by Gasteiger charge is 2.33. The van der Waals surface area contributed by atoms with Crippen molar-refractivity contribution in [3.8, 4) is 0 Å². The van der Waals surface area contributed by atoms with Crippen LogP contribution in [0.25, 0.3) is 10.9 Å².